The van der Waals surface area contributed by atoms with E-state index < -0.39 is 95.4 Å². The van der Waals surface area contributed by atoms with E-state index >= 15 is 0 Å². The summed E-state index contributed by atoms with van der Waals surface area (Å²) in [4.78, 5) is 1.18. The van der Waals surface area contributed by atoms with Crippen LogP contribution in [0.2, 0.25) is 0 Å². The van der Waals surface area contributed by atoms with Crippen molar-refractivity contribution in [2.75, 3.05) is 4.90 Å². The molecule has 222 valence electrons. The topological polar surface area (TPSA) is 3.24 Å². The third-order valence-electron chi connectivity index (χ3n) is 7.91. The average Bonchev–Trinajstić information content (AvgIpc) is 3.27. The van der Waals surface area contributed by atoms with Gasteiger partial charge in [0.1, 0.15) is 0 Å². The molecule has 8 rings (SSSR count). The van der Waals surface area contributed by atoms with Gasteiger partial charge in [-0.15, -0.1) is 0 Å². The number of nitrogens with zero attached hydrogens (tertiary/aromatic N) is 1. The highest BCUT2D eigenvalue weighted by Gasteiger charge is 2.15. The number of benzene rings is 8. The molecule has 0 aliphatic heterocycles. The fourth-order valence-electron chi connectivity index (χ4n) is 5.60. The van der Waals surface area contributed by atoms with Crippen LogP contribution >= 0.6 is 0 Å². The van der Waals surface area contributed by atoms with Gasteiger partial charge in [-0.1, -0.05) is 164 Å². The summed E-state index contributed by atoms with van der Waals surface area (Å²) in [5, 5.41) is 1.88. The molecular weight excluding hydrogens is 567 g/mol. The number of hydrogen-bond acceptors (Lipinski definition) is 1. The first kappa shape index (κ1) is 17.5. The Bertz CT molecular complexity index is 2930. The van der Waals surface area contributed by atoms with E-state index in [0.717, 1.165) is 27.5 Å². The number of rotatable bonds is 7. The number of anilines is 3. The van der Waals surface area contributed by atoms with E-state index in [4.69, 9.17) is 6.85 Å². The summed E-state index contributed by atoms with van der Waals surface area (Å²) in [7, 11) is 0. The Balaban J connectivity index is 1.39. The summed E-state index contributed by atoms with van der Waals surface area (Å²) >= 11 is 0. The first-order valence-corrected chi connectivity index (χ1v) is 15.0. The highest BCUT2D eigenvalue weighted by Crippen LogP contribution is 2.39. The first-order valence-electron chi connectivity index (χ1n) is 21.5. The van der Waals surface area contributed by atoms with Crippen LogP contribution in [-0.2, 0) is 0 Å². The third-order valence-corrected chi connectivity index (χ3v) is 7.91. The van der Waals surface area contributed by atoms with Crippen molar-refractivity contribution in [1.29, 1.82) is 0 Å². The molecule has 0 saturated heterocycles. The predicted octanol–water partition coefficient (Wildman–Crippen LogP) is 13.0. The van der Waals surface area contributed by atoms with Crippen LogP contribution in [0.25, 0.3) is 55.3 Å². The monoisotopic (exact) mass is 612 g/mol. The van der Waals surface area contributed by atoms with Gasteiger partial charge in [0.2, 0.25) is 0 Å². The van der Waals surface area contributed by atoms with Crippen LogP contribution in [0.3, 0.4) is 0 Å². The smallest absolute Gasteiger partial charge is 0.0645 e. The van der Waals surface area contributed by atoms with Crippen molar-refractivity contribution < 1.29 is 17.8 Å². The van der Waals surface area contributed by atoms with Gasteiger partial charge in [-0.05, 0) is 91.6 Å². The van der Waals surface area contributed by atoms with Crippen molar-refractivity contribution in [3.8, 4) is 44.5 Å². The standard InChI is InChI=1S/C46H33N/c1-3-11-34(12-4-1)36-21-23-37(24-22-36)39-27-31-43(32-28-39)47(42-29-25-38(26-30-42)35-13-5-2-6-14-35)44-18-9-17-41(33-44)46-20-10-16-40-15-7-8-19-45(40)46/h1-33H/i2D,5D,6D,13D,14D,25D,26D,27D,28D,29D,30D,31D,32D. The molecule has 0 radical (unpaired) electrons. The maximum Gasteiger partial charge on any atom is 0.0645 e. The molecule has 0 saturated carbocycles. The molecule has 0 heterocycles. The molecule has 1 nitrogen and oxygen atoms in total. The number of hydrogen-bond donors (Lipinski definition) is 0. The minimum absolute atomic E-state index is 0.0221. The zero-order chi connectivity index (χ0) is 42.7. The van der Waals surface area contributed by atoms with Crippen LogP contribution in [0.4, 0.5) is 17.1 Å². The summed E-state index contributed by atoms with van der Waals surface area (Å²) in [5.41, 5.74) is 2.16. The van der Waals surface area contributed by atoms with Gasteiger partial charge >= 0.3 is 0 Å². The summed E-state index contributed by atoms with van der Waals surface area (Å²) in [6, 6.07) is 28.9. The summed E-state index contributed by atoms with van der Waals surface area (Å²) in [5.74, 6) is 0. The molecule has 0 N–H and O–H groups in total. The van der Waals surface area contributed by atoms with Gasteiger partial charge < -0.3 is 4.90 Å². The van der Waals surface area contributed by atoms with Crippen molar-refractivity contribution in [2.24, 2.45) is 0 Å². The second-order valence-corrected chi connectivity index (χ2v) is 10.8. The summed E-state index contributed by atoms with van der Waals surface area (Å²) in [6.45, 7) is 0. The maximum atomic E-state index is 9.45. The fraction of sp³-hybridized carbons (Fsp3) is 0. The van der Waals surface area contributed by atoms with E-state index in [1.54, 1.807) is 30.3 Å². The molecular formula is C46H33N. The van der Waals surface area contributed by atoms with Crippen LogP contribution in [-0.4, -0.2) is 0 Å². The summed E-state index contributed by atoms with van der Waals surface area (Å²) < 4.78 is 116. The molecule has 8 aromatic carbocycles. The second-order valence-electron chi connectivity index (χ2n) is 10.8. The SMILES string of the molecule is [2H]c1c([2H])c([2H])c(-c2c([2H])c([2H])c(N(c3cccc(-c4cccc5ccccc45)c3)c3c([2H])c([2H])c(-c4ccc(-c5ccccc5)cc4)c([2H])c3[2H])c([2H])c2[2H])c([2H])c1[2H]. The minimum atomic E-state index is -0.731. The maximum absolute atomic E-state index is 9.45. The molecule has 0 amide bonds. The largest absolute Gasteiger partial charge is 0.310 e. The Morgan fingerprint density at radius 2 is 0.851 bits per heavy atom. The lowest BCUT2D eigenvalue weighted by Crippen LogP contribution is -2.10. The lowest BCUT2D eigenvalue weighted by Gasteiger charge is -2.26. The van der Waals surface area contributed by atoms with Crippen molar-refractivity contribution >= 4 is 27.8 Å². The van der Waals surface area contributed by atoms with Crippen LogP contribution in [0, 0.1) is 0 Å². The van der Waals surface area contributed by atoms with Gasteiger partial charge in [0.25, 0.3) is 0 Å². The van der Waals surface area contributed by atoms with E-state index in [0.29, 0.717) is 11.1 Å². The normalized spacial score (nSPS) is 14.9. The Kier molecular flexibility index (Phi) is 4.72. The van der Waals surface area contributed by atoms with Crippen LogP contribution < -0.4 is 4.90 Å². The molecule has 0 fully saturated rings. The molecule has 47 heavy (non-hydrogen) atoms. The zero-order valence-corrected chi connectivity index (χ0v) is 25.0. The Hall–Kier alpha value is -6.18. The predicted molar refractivity (Wildman–Crippen MR) is 200 cm³/mol. The van der Waals surface area contributed by atoms with Gasteiger partial charge in [-0.2, -0.15) is 0 Å². The third kappa shape index (κ3) is 5.83. The van der Waals surface area contributed by atoms with Crippen LogP contribution in [0.5, 0.6) is 0 Å². The minimum Gasteiger partial charge on any atom is -0.310 e. The Labute approximate surface area is 294 Å². The Morgan fingerprint density at radius 3 is 1.55 bits per heavy atom. The zero-order valence-electron chi connectivity index (χ0n) is 38.0. The van der Waals surface area contributed by atoms with Gasteiger partial charge in [0, 0.05) is 17.1 Å². The molecule has 0 unspecified atom stereocenters. The Morgan fingerprint density at radius 1 is 0.340 bits per heavy atom. The number of fused-ring (bicyclic) bond motifs is 1. The van der Waals surface area contributed by atoms with Crippen molar-refractivity contribution in [2.45, 2.75) is 0 Å². The fourth-order valence-corrected chi connectivity index (χ4v) is 5.60. The van der Waals surface area contributed by atoms with Gasteiger partial charge in [-0.3, -0.25) is 0 Å². The molecule has 0 spiro atoms. The van der Waals surface area contributed by atoms with Crippen molar-refractivity contribution in [3.63, 3.8) is 0 Å². The lowest BCUT2D eigenvalue weighted by molar-refractivity contribution is 1.28. The second kappa shape index (κ2) is 12.7. The highest BCUT2D eigenvalue weighted by molar-refractivity contribution is 5.97. The quantitative estimate of drug-likeness (QED) is 0.173. The summed E-state index contributed by atoms with van der Waals surface area (Å²) in [6.07, 6.45) is 0. The average molecular weight is 613 g/mol. The molecule has 0 aliphatic rings. The van der Waals surface area contributed by atoms with E-state index in [1.807, 2.05) is 91.0 Å². The van der Waals surface area contributed by atoms with Gasteiger partial charge in [0.15, 0.2) is 0 Å². The molecule has 1 heteroatoms. The van der Waals surface area contributed by atoms with E-state index in [2.05, 4.69) is 0 Å². The van der Waals surface area contributed by atoms with E-state index in [1.165, 1.54) is 4.90 Å². The van der Waals surface area contributed by atoms with Gasteiger partial charge in [-0.25, -0.2) is 0 Å². The van der Waals surface area contributed by atoms with E-state index in [-0.39, 0.29) is 16.9 Å². The molecule has 8 aromatic rings. The molecule has 0 aromatic heterocycles. The lowest BCUT2D eigenvalue weighted by atomic mass is 9.97. The van der Waals surface area contributed by atoms with Gasteiger partial charge in [0.05, 0.1) is 17.8 Å². The van der Waals surface area contributed by atoms with Crippen LogP contribution in [0.15, 0.2) is 200 Å². The van der Waals surface area contributed by atoms with Crippen molar-refractivity contribution in [3.05, 3.63) is 200 Å². The molecule has 0 bridgehead atoms. The highest BCUT2D eigenvalue weighted by atomic mass is 15.1. The molecule has 0 atom stereocenters. The van der Waals surface area contributed by atoms with E-state index in [9.17, 15) is 11.0 Å². The van der Waals surface area contributed by atoms with Crippen LogP contribution in [0.1, 0.15) is 17.8 Å². The first-order chi connectivity index (χ1) is 28.7. The molecule has 0 aliphatic carbocycles. The van der Waals surface area contributed by atoms with Crippen molar-refractivity contribution in [1.82, 2.24) is 0 Å².